The molecule has 0 radical (unpaired) electrons. The third-order valence-electron chi connectivity index (χ3n) is 5.42. The first-order valence-corrected chi connectivity index (χ1v) is 9.40. The highest BCUT2D eigenvalue weighted by Gasteiger charge is 2.28. The van der Waals surface area contributed by atoms with Gasteiger partial charge in [-0.2, -0.15) is 0 Å². The lowest BCUT2D eigenvalue weighted by molar-refractivity contribution is 0.140. The summed E-state index contributed by atoms with van der Waals surface area (Å²) in [6.07, 6.45) is 8.44. The molecule has 2 fully saturated rings. The second-order valence-electron chi connectivity index (χ2n) is 7.08. The van der Waals surface area contributed by atoms with Crippen LogP contribution < -0.4 is 4.90 Å². The van der Waals surface area contributed by atoms with Gasteiger partial charge in [-0.1, -0.05) is 42.8 Å². The lowest BCUT2D eigenvalue weighted by Gasteiger charge is -2.37. The van der Waals surface area contributed by atoms with Crippen LogP contribution in [0.25, 0.3) is 0 Å². The quantitative estimate of drug-likeness (QED) is 0.831. The molecule has 0 N–H and O–H groups in total. The van der Waals surface area contributed by atoms with Gasteiger partial charge in [0.15, 0.2) is 0 Å². The lowest BCUT2D eigenvalue weighted by atomic mass is 9.94. The second kappa shape index (κ2) is 7.35. The maximum absolute atomic E-state index is 4.78. The van der Waals surface area contributed by atoms with Crippen LogP contribution in [0.1, 0.15) is 49.3 Å². The summed E-state index contributed by atoms with van der Waals surface area (Å²) in [5.41, 5.74) is 2.85. The van der Waals surface area contributed by atoms with Crippen LogP contribution >= 0.6 is 0 Å². The van der Waals surface area contributed by atoms with Gasteiger partial charge in [-0.25, -0.2) is 4.98 Å². The number of anilines is 1. The van der Waals surface area contributed by atoms with Gasteiger partial charge in [0.2, 0.25) is 0 Å². The maximum Gasteiger partial charge on any atom is 0.133 e. The SMILES string of the molecule is c1ccc(CN2CCCCC2c2cccnc2N2CCCC2)cc1. The van der Waals surface area contributed by atoms with E-state index >= 15 is 0 Å². The molecule has 1 aromatic carbocycles. The largest absolute Gasteiger partial charge is 0.356 e. The van der Waals surface area contributed by atoms with Gasteiger partial charge in [-0.05, 0) is 43.9 Å². The Morgan fingerprint density at radius 3 is 2.50 bits per heavy atom. The van der Waals surface area contributed by atoms with E-state index < -0.39 is 0 Å². The standard InChI is InChI=1S/C21H27N3/c1-2-9-18(10-3-1)17-24-16-5-4-12-20(24)19-11-8-13-22-21(19)23-14-6-7-15-23/h1-3,8-11,13,20H,4-7,12,14-17H2. The molecule has 0 bridgehead atoms. The molecule has 24 heavy (non-hydrogen) atoms. The van der Waals surface area contributed by atoms with Crippen molar-refractivity contribution in [1.82, 2.24) is 9.88 Å². The minimum absolute atomic E-state index is 0.503. The number of piperidine rings is 1. The normalized spacial score (nSPS) is 22.0. The number of nitrogens with zero attached hydrogens (tertiary/aromatic N) is 3. The van der Waals surface area contributed by atoms with E-state index in [1.165, 1.54) is 55.6 Å². The Morgan fingerprint density at radius 1 is 0.875 bits per heavy atom. The van der Waals surface area contributed by atoms with E-state index in [-0.39, 0.29) is 0 Å². The number of hydrogen-bond donors (Lipinski definition) is 0. The number of hydrogen-bond acceptors (Lipinski definition) is 3. The molecule has 0 aliphatic carbocycles. The fourth-order valence-electron chi connectivity index (χ4n) is 4.21. The van der Waals surface area contributed by atoms with Crippen molar-refractivity contribution in [3.63, 3.8) is 0 Å². The van der Waals surface area contributed by atoms with Crippen LogP contribution in [0, 0.1) is 0 Å². The summed E-state index contributed by atoms with van der Waals surface area (Å²) in [6, 6.07) is 15.8. The van der Waals surface area contributed by atoms with E-state index in [9.17, 15) is 0 Å². The van der Waals surface area contributed by atoms with Gasteiger partial charge in [0.05, 0.1) is 0 Å². The van der Waals surface area contributed by atoms with Crippen molar-refractivity contribution in [2.75, 3.05) is 24.5 Å². The Bertz CT molecular complexity index is 649. The Morgan fingerprint density at radius 2 is 1.67 bits per heavy atom. The van der Waals surface area contributed by atoms with Crippen molar-refractivity contribution in [1.29, 1.82) is 0 Å². The first-order chi connectivity index (χ1) is 11.9. The van der Waals surface area contributed by atoms with Gasteiger partial charge >= 0.3 is 0 Å². The maximum atomic E-state index is 4.78. The van der Waals surface area contributed by atoms with E-state index in [0.717, 1.165) is 19.6 Å². The van der Waals surface area contributed by atoms with E-state index in [2.05, 4.69) is 52.3 Å². The zero-order chi connectivity index (χ0) is 16.2. The summed E-state index contributed by atoms with van der Waals surface area (Å²) in [6.45, 7) is 4.55. The molecule has 1 atom stereocenters. The summed E-state index contributed by atoms with van der Waals surface area (Å²) < 4.78 is 0. The van der Waals surface area contributed by atoms with Crippen LogP contribution in [0.5, 0.6) is 0 Å². The molecule has 0 saturated carbocycles. The minimum atomic E-state index is 0.503. The van der Waals surface area contributed by atoms with Crippen LogP contribution in [-0.4, -0.2) is 29.5 Å². The Labute approximate surface area is 145 Å². The fraction of sp³-hybridized carbons (Fsp3) is 0.476. The zero-order valence-corrected chi connectivity index (χ0v) is 14.4. The molecule has 2 saturated heterocycles. The molecule has 3 nitrogen and oxygen atoms in total. The molecule has 1 unspecified atom stereocenters. The smallest absolute Gasteiger partial charge is 0.133 e. The first kappa shape index (κ1) is 15.6. The molecule has 0 spiro atoms. The summed E-state index contributed by atoms with van der Waals surface area (Å²) in [5.74, 6) is 1.24. The van der Waals surface area contributed by atoms with Crippen LogP contribution in [0.2, 0.25) is 0 Å². The summed E-state index contributed by atoms with van der Waals surface area (Å²) in [7, 11) is 0. The van der Waals surface area contributed by atoms with Gasteiger partial charge in [-0.15, -0.1) is 0 Å². The molecule has 3 heteroatoms. The molecule has 4 rings (SSSR count). The van der Waals surface area contributed by atoms with Gasteiger partial charge in [0.25, 0.3) is 0 Å². The van der Waals surface area contributed by atoms with Crippen LogP contribution in [-0.2, 0) is 6.54 Å². The van der Waals surface area contributed by atoms with Gasteiger partial charge in [0.1, 0.15) is 5.82 Å². The Kier molecular flexibility index (Phi) is 4.79. The average Bonchev–Trinajstić information content (AvgIpc) is 3.18. The molecule has 2 aromatic rings. The highest BCUT2D eigenvalue weighted by Crippen LogP contribution is 2.37. The van der Waals surface area contributed by atoms with Gasteiger partial charge in [-0.3, -0.25) is 4.90 Å². The number of aromatic nitrogens is 1. The Hall–Kier alpha value is -1.87. The predicted octanol–water partition coefficient (Wildman–Crippen LogP) is 4.41. The number of pyridine rings is 1. The zero-order valence-electron chi connectivity index (χ0n) is 14.4. The van der Waals surface area contributed by atoms with E-state index in [1.54, 1.807) is 0 Å². The summed E-state index contributed by atoms with van der Waals surface area (Å²) in [4.78, 5) is 9.93. The van der Waals surface area contributed by atoms with Crippen molar-refractivity contribution >= 4 is 5.82 Å². The Balaban J connectivity index is 1.61. The third-order valence-corrected chi connectivity index (χ3v) is 5.42. The molecule has 2 aliphatic rings. The predicted molar refractivity (Wildman–Crippen MR) is 99.1 cm³/mol. The van der Waals surface area contributed by atoms with Crippen molar-refractivity contribution in [3.8, 4) is 0 Å². The van der Waals surface area contributed by atoms with Crippen LogP contribution in [0.4, 0.5) is 5.82 Å². The first-order valence-electron chi connectivity index (χ1n) is 9.40. The van der Waals surface area contributed by atoms with Gasteiger partial charge < -0.3 is 4.90 Å². The van der Waals surface area contributed by atoms with E-state index in [4.69, 9.17) is 4.98 Å². The van der Waals surface area contributed by atoms with E-state index in [0.29, 0.717) is 6.04 Å². The van der Waals surface area contributed by atoms with Crippen LogP contribution in [0.15, 0.2) is 48.7 Å². The van der Waals surface area contributed by atoms with Crippen molar-refractivity contribution in [2.24, 2.45) is 0 Å². The van der Waals surface area contributed by atoms with Crippen LogP contribution in [0.3, 0.4) is 0 Å². The minimum Gasteiger partial charge on any atom is -0.356 e. The monoisotopic (exact) mass is 321 g/mol. The second-order valence-corrected chi connectivity index (χ2v) is 7.08. The molecule has 2 aliphatic heterocycles. The molecule has 126 valence electrons. The third kappa shape index (κ3) is 3.32. The van der Waals surface area contributed by atoms with Crippen molar-refractivity contribution in [3.05, 3.63) is 59.8 Å². The number of likely N-dealkylation sites (tertiary alicyclic amines) is 1. The number of rotatable bonds is 4. The molecular formula is C21H27N3. The lowest BCUT2D eigenvalue weighted by Crippen LogP contribution is -2.34. The highest BCUT2D eigenvalue weighted by atomic mass is 15.2. The summed E-state index contributed by atoms with van der Waals surface area (Å²) >= 11 is 0. The van der Waals surface area contributed by atoms with Crippen molar-refractivity contribution in [2.45, 2.75) is 44.7 Å². The fourth-order valence-corrected chi connectivity index (χ4v) is 4.21. The van der Waals surface area contributed by atoms with Gasteiger partial charge in [0, 0.05) is 37.4 Å². The van der Waals surface area contributed by atoms with Crippen molar-refractivity contribution < 1.29 is 0 Å². The summed E-state index contributed by atoms with van der Waals surface area (Å²) in [5, 5.41) is 0. The van der Waals surface area contributed by atoms with E-state index in [1.807, 2.05) is 6.20 Å². The topological polar surface area (TPSA) is 19.4 Å². The average molecular weight is 321 g/mol. The molecule has 0 amide bonds. The number of benzene rings is 1. The molecular weight excluding hydrogens is 294 g/mol. The highest BCUT2D eigenvalue weighted by molar-refractivity contribution is 5.49. The molecule has 3 heterocycles. The molecule has 1 aromatic heterocycles.